The van der Waals surface area contributed by atoms with Crippen LogP contribution in [0.3, 0.4) is 0 Å². The molecule has 1 unspecified atom stereocenters. The zero-order valence-corrected chi connectivity index (χ0v) is 17.2. The molecule has 3 rings (SSSR count). The standard InChI is InChI=1S/C21H32N4O3/c1-23(2)12-18-13-24(19(26)17-8-5-4-6-9-17)14-21(18)15-25(16-21)20(27)22-10-7-11-28-3/h4-6,8-9,18H,7,10-16H2,1-3H3,(H,22,27). The molecule has 1 spiro atoms. The Labute approximate surface area is 167 Å². The van der Waals surface area contributed by atoms with Crippen molar-refractivity contribution in [3.05, 3.63) is 35.9 Å². The molecule has 1 aromatic rings. The van der Waals surface area contributed by atoms with E-state index in [-0.39, 0.29) is 17.4 Å². The number of benzene rings is 1. The van der Waals surface area contributed by atoms with Gasteiger partial charge in [0.25, 0.3) is 5.91 Å². The summed E-state index contributed by atoms with van der Waals surface area (Å²) in [6.45, 7) is 5.06. The Hall–Kier alpha value is -2.12. The number of hydrogen-bond acceptors (Lipinski definition) is 4. The third kappa shape index (κ3) is 4.47. The summed E-state index contributed by atoms with van der Waals surface area (Å²) >= 11 is 0. The van der Waals surface area contributed by atoms with Gasteiger partial charge in [-0.15, -0.1) is 0 Å². The molecule has 0 saturated carbocycles. The Morgan fingerprint density at radius 2 is 1.86 bits per heavy atom. The van der Waals surface area contributed by atoms with Crippen molar-refractivity contribution in [3.63, 3.8) is 0 Å². The van der Waals surface area contributed by atoms with Gasteiger partial charge in [-0.1, -0.05) is 18.2 Å². The van der Waals surface area contributed by atoms with Crippen molar-refractivity contribution in [2.24, 2.45) is 11.3 Å². The Kier molecular flexibility index (Phi) is 6.57. The van der Waals surface area contributed by atoms with E-state index < -0.39 is 0 Å². The molecule has 3 amide bonds. The number of nitrogens with zero attached hydrogens (tertiary/aromatic N) is 3. The number of urea groups is 1. The largest absolute Gasteiger partial charge is 0.385 e. The van der Waals surface area contributed by atoms with Gasteiger partial charge < -0.3 is 24.8 Å². The first-order valence-electron chi connectivity index (χ1n) is 9.96. The number of carbonyl (C=O) groups is 2. The lowest BCUT2D eigenvalue weighted by Gasteiger charge is -2.51. The van der Waals surface area contributed by atoms with E-state index in [1.807, 2.05) is 40.1 Å². The van der Waals surface area contributed by atoms with E-state index in [1.54, 1.807) is 7.11 Å². The van der Waals surface area contributed by atoms with Gasteiger partial charge in [-0.25, -0.2) is 4.79 Å². The van der Waals surface area contributed by atoms with Crippen molar-refractivity contribution in [2.45, 2.75) is 6.42 Å². The fourth-order valence-electron chi connectivity index (χ4n) is 4.38. The molecular weight excluding hydrogens is 356 g/mol. The topological polar surface area (TPSA) is 65.1 Å². The first-order chi connectivity index (χ1) is 13.4. The fraction of sp³-hybridized carbons (Fsp3) is 0.619. The molecule has 7 heteroatoms. The molecular formula is C21H32N4O3. The summed E-state index contributed by atoms with van der Waals surface area (Å²) in [4.78, 5) is 31.3. The number of carbonyl (C=O) groups excluding carboxylic acids is 2. The van der Waals surface area contributed by atoms with E-state index in [4.69, 9.17) is 4.74 Å². The van der Waals surface area contributed by atoms with Crippen molar-refractivity contribution in [3.8, 4) is 0 Å². The molecule has 7 nitrogen and oxygen atoms in total. The van der Waals surface area contributed by atoms with E-state index in [2.05, 4.69) is 24.3 Å². The molecule has 0 aliphatic carbocycles. The van der Waals surface area contributed by atoms with Crippen LogP contribution in [0, 0.1) is 11.3 Å². The predicted molar refractivity (Wildman–Crippen MR) is 108 cm³/mol. The maximum Gasteiger partial charge on any atom is 0.317 e. The summed E-state index contributed by atoms with van der Waals surface area (Å²) in [5, 5.41) is 2.96. The van der Waals surface area contributed by atoms with Gasteiger partial charge in [0, 0.05) is 64.0 Å². The van der Waals surface area contributed by atoms with Gasteiger partial charge >= 0.3 is 6.03 Å². The van der Waals surface area contributed by atoms with Gasteiger partial charge in [0.1, 0.15) is 0 Å². The van der Waals surface area contributed by atoms with E-state index in [0.717, 1.165) is 25.1 Å². The third-order valence-corrected chi connectivity index (χ3v) is 5.81. The summed E-state index contributed by atoms with van der Waals surface area (Å²) in [6.07, 6.45) is 0.809. The maximum atomic E-state index is 12.9. The molecule has 2 saturated heterocycles. The zero-order valence-electron chi connectivity index (χ0n) is 17.2. The maximum absolute atomic E-state index is 12.9. The molecule has 154 valence electrons. The molecule has 2 aliphatic heterocycles. The molecule has 1 aromatic carbocycles. The zero-order chi connectivity index (χ0) is 20.1. The Bertz CT molecular complexity index is 673. The van der Waals surface area contributed by atoms with Crippen molar-refractivity contribution in [2.75, 3.05) is 67.1 Å². The summed E-state index contributed by atoms with van der Waals surface area (Å²) in [5.74, 6) is 0.455. The van der Waals surface area contributed by atoms with E-state index >= 15 is 0 Å². The number of rotatable bonds is 7. The number of hydrogen-bond donors (Lipinski definition) is 1. The second kappa shape index (κ2) is 8.92. The number of nitrogens with one attached hydrogen (secondary N) is 1. The highest BCUT2D eigenvalue weighted by Gasteiger charge is 2.56. The van der Waals surface area contributed by atoms with Crippen LogP contribution in [-0.2, 0) is 4.74 Å². The van der Waals surface area contributed by atoms with Crippen LogP contribution < -0.4 is 5.32 Å². The van der Waals surface area contributed by atoms with Crippen LogP contribution in [0.15, 0.2) is 30.3 Å². The lowest BCUT2D eigenvalue weighted by Crippen LogP contribution is -2.65. The van der Waals surface area contributed by atoms with Crippen LogP contribution >= 0.6 is 0 Å². The second-order valence-corrected chi connectivity index (χ2v) is 8.31. The van der Waals surface area contributed by atoms with Crippen molar-refractivity contribution in [1.29, 1.82) is 0 Å². The normalized spacial score (nSPS) is 20.5. The number of ether oxygens (including phenoxy) is 1. The number of amides is 3. The predicted octanol–water partition coefficient (Wildman–Crippen LogP) is 1.37. The van der Waals surface area contributed by atoms with Gasteiger partial charge in [-0.2, -0.15) is 0 Å². The lowest BCUT2D eigenvalue weighted by atomic mass is 9.71. The lowest BCUT2D eigenvalue weighted by molar-refractivity contribution is 0.00123. The van der Waals surface area contributed by atoms with Gasteiger partial charge in [0.2, 0.25) is 0 Å². The van der Waals surface area contributed by atoms with Crippen LogP contribution in [0.2, 0.25) is 0 Å². The molecule has 0 bridgehead atoms. The summed E-state index contributed by atoms with van der Waals surface area (Å²) in [6, 6.07) is 9.44. The summed E-state index contributed by atoms with van der Waals surface area (Å²) in [7, 11) is 5.79. The monoisotopic (exact) mass is 388 g/mol. The quantitative estimate of drug-likeness (QED) is 0.717. The molecule has 2 fully saturated rings. The van der Waals surface area contributed by atoms with Crippen LogP contribution in [0.25, 0.3) is 0 Å². The molecule has 1 N–H and O–H groups in total. The minimum atomic E-state index is -0.0156. The fourth-order valence-corrected chi connectivity index (χ4v) is 4.38. The van der Waals surface area contributed by atoms with Crippen molar-refractivity contribution < 1.29 is 14.3 Å². The smallest absolute Gasteiger partial charge is 0.317 e. The molecule has 1 atom stereocenters. The van der Waals surface area contributed by atoms with Gasteiger partial charge in [-0.3, -0.25) is 4.79 Å². The first-order valence-corrected chi connectivity index (χ1v) is 9.96. The van der Waals surface area contributed by atoms with Gasteiger partial charge in [-0.05, 0) is 38.6 Å². The van der Waals surface area contributed by atoms with Crippen LogP contribution in [0.4, 0.5) is 4.79 Å². The Morgan fingerprint density at radius 1 is 1.18 bits per heavy atom. The van der Waals surface area contributed by atoms with Gasteiger partial charge in [0.15, 0.2) is 0 Å². The molecule has 0 aromatic heterocycles. The molecule has 28 heavy (non-hydrogen) atoms. The van der Waals surface area contributed by atoms with Crippen LogP contribution in [0.5, 0.6) is 0 Å². The Morgan fingerprint density at radius 3 is 2.50 bits per heavy atom. The number of methoxy groups -OCH3 is 1. The van der Waals surface area contributed by atoms with Gasteiger partial charge in [0.05, 0.1) is 0 Å². The van der Waals surface area contributed by atoms with E-state index in [1.165, 1.54) is 0 Å². The SMILES string of the molecule is COCCCNC(=O)N1CC2(C1)CN(C(=O)c1ccccc1)CC2CN(C)C. The van der Waals surface area contributed by atoms with E-state index in [9.17, 15) is 9.59 Å². The summed E-state index contributed by atoms with van der Waals surface area (Å²) < 4.78 is 5.02. The van der Waals surface area contributed by atoms with Crippen molar-refractivity contribution in [1.82, 2.24) is 20.0 Å². The van der Waals surface area contributed by atoms with E-state index in [0.29, 0.717) is 38.7 Å². The highest BCUT2D eigenvalue weighted by Crippen LogP contribution is 2.44. The highest BCUT2D eigenvalue weighted by atomic mass is 16.5. The van der Waals surface area contributed by atoms with Crippen LogP contribution in [0.1, 0.15) is 16.8 Å². The first kappa shape index (κ1) is 20.6. The molecule has 2 heterocycles. The second-order valence-electron chi connectivity index (χ2n) is 8.31. The average molecular weight is 389 g/mol. The van der Waals surface area contributed by atoms with Crippen LogP contribution in [-0.4, -0.2) is 93.7 Å². The third-order valence-electron chi connectivity index (χ3n) is 5.81. The summed E-state index contributed by atoms with van der Waals surface area (Å²) in [5.41, 5.74) is 0.730. The Balaban J connectivity index is 1.61. The minimum absolute atomic E-state index is 0.00141. The van der Waals surface area contributed by atoms with Crippen molar-refractivity contribution >= 4 is 11.9 Å². The molecule has 0 radical (unpaired) electrons. The number of likely N-dealkylation sites (tertiary alicyclic amines) is 2. The molecule has 2 aliphatic rings. The highest BCUT2D eigenvalue weighted by molar-refractivity contribution is 5.94. The average Bonchev–Trinajstić information content (AvgIpc) is 3.02. The minimum Gasteiger partial charge on any atom is -0.385 e.